The molecule has 2 aliphatic rings. The van der Waals surface area contributed by atoms with Gasteiger partial charge in [-0.05, 0) is 37.0 Å². The summed E-state index contributed by atoms with van der Waals surface area (Å²) in [5.74, 6) is 0.634. The van der Waals surface area contributed by atoms with Crippen molar-refractivity contribution in [2.45, 2.75) is 38.1 Å². The lowest BCUT2D eigenvalue weighted by Gasteiger charge is -2.49. The number of likely N-dealkylation sites (tertiary alicyclic amines) is 1. The molecule has 0 aromatic heterocycles. The number of hydrogen-bond acceptors (Lipinski definition) is 4. The van der Waals surface area contributed by atoms with Crippen molar-refractivity contribution in [3.63, 3.8) is 0 Å². The Morgan fingerprint density at radius 2 is 1.93 bits per heavy atom. The van der Waals surface area contributed by atoms with E-state index in [-0.39, 0.29) is 36.6 Å². The van der Waals surface area contributed by atoms with Crippen LogP contribution in [0.5, 0.6) is 5.75 Å². The second-order valence-electron chi connectivity index (χ2n) is 8.09. The highest BCUT2D eigenvalue weighted by Gasteiger charge is 2.51. The van der Waals surface area contributed by atoms with Crippen molar-refractivity contribution in [1.82, 2.24) is 15.1 Å². The summed E-state index contributed by atoms with van der Waals surface area (Å²) in [7, 11) is 4.98. The number of carbonyl (C=O) groups is 3. The molecule has 1 heterocycles. The lowest BCUT2D eigenvalue weighted by Crippen LogP contribution is -2.65. The second kappa shape index (κ2) is 8.20. The molecule has 0 unspecified atom stereocenters. The first-order valence-electron chi connectivity index (χ1n) is 9.75. The van der Waals surface area contributed by atoms with Crippen LogP contribution in [0, 0.1) is 5.41 Å². The highest BCUT2D eigenvalue weighted by molar-refractivity contribution is 5.89. The van der Waals surface area contributed by atoms with Gasteiger partial charge in [0.25, 0.3) is 0 Å². The Morgan fingerprint density at radius 1 is 1.21 bits per heavy atom. The van der Waals surface area contributed by atoms with E-state index in [0.29, 0.717) is 19.5 Å². The van der Waals surface area contributed by atoms with Gasteiger partial charge in [-0.25, -0.2) is 0 Å². The van der Waals surface area contributed by atoms with Crippen LogP contribution >= 0.6 is 0 Å². The maximum atomic E-state index is 12.9. The van der Waals surface area contributed by atoms with Gasteiger partial charge in [0.05, 0.1) is 12.5 Å². The first-order chi connectivity index (χ1) is 13.3. The summed E-state index contributed by atoms with van der Waals surface area (Å²) in [4.78, 5) is 40.3. The maximum Gasteiger partial charge on any atom is 0.230 e. The summed E-state index contributed by atoms with van der Waals surface area (Å²) in [6.45, 7) is 0.773. The Kier molecular flexibility index (Phi) is 5.91. The topological polar surface area (TPSA) is 79.0 Å². The van der Waals surface area contributed by atoms with Gasteiger partial charge in [-0.3, -0.25) is 14.4 Å². The molecular formula is C21H29N3O4. The van der Waals surface area contributed by atoms with E-state index in [2.05, 4.69) is 5.32 Å². The van der Waals surface area contributed by atoms with Gasteiger partial charge in [-0.1, -0.05) is 12.1 Å². The normalized spacial score (nSPS) is 17.5. The summed E-state index contributed by atoms with van der Waals surface area (Å²) < 4.78 is 5.29. The zero-order valence-electron chi connectivity index (χ0n) is 16.9. The molecule has 7 nitrogen and oxygen atoms in total. The number of carbonyl (C=O) groups excluding carboxylic acids is 3. The molecule has 1 aromatic carbocycles. The van der Waals surface area contributed by atoms with Crippen molar-refractivity contribution in [2.24, 2.45) is 5.41 Å². The van der Waals surface area contributed by atoms with Gasteiger partial charge in [0, 0.05) is 46.1 Å². The van der Waals surface area contributed by atoms with E-state index in [1.165, 1.54) is 4.90 Å². The summed E-state index contributed by atoms with van der Waals surface area (Å²) >= 11 is 0. The standard InChI is InChI=1S/C21H29N3O4/c1-23(2)18(25)9-10-19(26)24-13-21(14-24,20(27)22-16-7-8-16)12-15-5-4-6-17(11-15)28-3/h4-6,11,16H,7-10,12-14H2,1-3H3,(H,22,27). The van der Waals surface area contributed by atoms with Gasteiger partial charge in [0.2, 0.25) is 17.7 Å². The third-order valence-electron chi connectivity index (χ3n) is 5.46. The fourth-order valence-electron chi connectivity index (χ4n) is 3.53. The predicted molar refractivity (Wildman–Crippen MR) is 105 cm³/mol. The summed E-state index contributed by atoms with van der Waals surface area (Å²) in [6.07, 6.45) is 2.98. The zero-order valence-corrected chi connectivity index (χ0v) is 16.9. The van der Waals surface area contributed by atoms with E-state index in [0.717, 1.165) is 24.2 Å². The second-order valence-corrected chi connectivity index (χ2v) is 8.09. The number of hydrogen-bond donors (Lipinski definition) is 1. The Morgan fingerprint density at radius 3 is 2.54 bits per heavy atom. The first-order valence-corrected chi connectivity index (χ1v) is 9.75. The largest absolute Gasteiger partial charge is 0.497 e. The molecule has 0 spiro atoms. The fraction of sp³-hybridized carbons (Fsp3) is 0.571. The molecule has 1 aromatic rings. The molecule has 28 heavy (non-hydrogen) atoms. The van der Waals surface area contributed by atoms with Gasteiger partial charge in [0.15, 0.2) is 0 Å². The number of ether oxygens (including phenoxy) is 1. The molecule has 1 saturated heterocycles. The van der Waals surface area contributed by atoms with Gasteiger partial charge in [-0.2, -0.15) is 0 Å². The van der Waals surface area contributed by atoms with Crippen LogP contribution in [0.3, 0.4) is 0 Å². The first kappa shape index (κ1) is 20.2. The highest BCUT2D eigenvalue weighted by Crippen LogP contribution is 2.37. The number of nitrogens with zero attached hydrogens (tertiary/aromatic N) is 2. The lowest BCUT2D eigenvalue weighted by atomic mass is 9.73. The number of rotatable bonds is 8. The molecule has 0 radical (unpaired) electrons. The Hall–Kier alpha value is -2.57. The number of methoxy groups -OCH3 is 1. The summed E-state index contributed by atoms with van der Waals surface area (Å²) in [5, 5.41) is 3.10. The average Bonchev–Trinajstić information content (AvgIpc) is 3.45. The van der Waals surface area contributed by atoms with Crippen molar-refractivity contribution in [1.29, 1.82) is 0 Å². The molecule has 1 aliphatic heterocycles. The molecule has 3 amide bonds. The summed E-state index contributed by atoms with van der Waals surface area (Å²) in [5.41, 5.74) is 0.399. The predicted octanol–water partition coefficient (Wildman–Crippen LogP) is 1.21. The Bertz CT molecular complexity index is 752. The zero-order chi connectivity index (χ0) is 20.3. The van der Waals surface area contributed by atoms with E-state index < -0.39 is 5.41 Å². The Balaban J connectivity index is 1.65. The molecule has 152 valence electrons. The van der Waals surface area contributed by atoms with E-state index >= 15 is 0 Å². The van der Waals surface area contributed by atoms with Crippen LogP contribution in [0.2, 0.25) is 0 Å². The van der Waals surface area contributed by atoms with Crippen LogP contribution < -0.4 is 10.1 Å². The minimum absolute atomic E-state index is 0.0197. The van der Waals surface area contributed by atoms with Crippen LogP contribution in [0.1, 0.15) is 31.2 Å². The molecule has 0 bridgehead atoms. The SMILES string of the molecule is COc1cccc(CC2(C(=O)NC3CC3)CN(C(=O)CCC(=O)N(C)C)C2)c1. The van der Waals surface area contributed by atoms with Crippen LogP contribution in [0.25, 0.3) is 0 Å². The molecule has 1 aliphatic carbocycles. The molecule has 1 N–H and O–H groups in total. The minimum Gasteiger partial charge on any atom is -0.497 e. The van der Waals surface area contributed by atoms with Crippen LogP contribution in [-0.2, 0) is 20.8 Å². The average molecular weight is 387 g/mol. The smallest absolute Gasteiger partial charge is 0.230 e. The van der Waals surface area contributed by atoms with Crippen molar-refractivity contribution in [3.05, 3.63) is 29.8 Å². The van der Waals surface area contributed by atoms with E-state index in [9.17, 15) is 14.4 Å². The third-order valence-corrected chi connectivity index (χ3v) is 5.46. The van der Waals surface area contributed by atoms with Crippen molar-refractivity contribution >= 4 is 17.7 Å². The fourth-order valence-corrected chi connectivity index (χ4v) is 3.53. The highest BCUT2D eigenvalue weighted by atomic mass is 16.5. The molecule has 1 saturated carbocycles. The van der Waals surface area contributed by atoms with Gasteiger partial charge in [-0.15, -0.1) is 0 Å². The molecular weight excluding hydrogens is 358 g/mol. The van der Waals surface area contributed by atoms with E-state index in [1.807, 2.05) is 24.3 Å². The Labute approximate surface area is 166 Å². The van der Waals surface area contributed by atoms with E-state index in [4.69, 9.17) is 4.74 Å². The number of amides is 3. The van der Waals surface area contributed by atoms with Crippen LogP contribution in [-0.4, -0.2) is 67.9 Å². The molecule has 0 atom stereocenters. The van der Waals surface area contributed by atoms with Crippen molar-refractivity contribution < 1.29 is 19.1 Å². The van der Waals surface area contributed by atoms with Gasteiger partial charge in [0.1, 0.15) is 5.75 Å². The maximum absolute atomic E-state index is 12.9. The van der Waals surface area contributed by atoms with Crippen LogP contribution in [0.15, 0.2) is 24.3 Å². The van der Waals surface area contributed by atoms with Crippen molar-refractivity contribution in [2.75, 3.05) is 34.3 Å². The molecule has 2 fully saturated rings. The lowest BCUT2D eigenvalue weighted by molar-refractivity contribution is -0.154. The van der Waals surface area contributed by atoms with Crippen molar-refractivity contribution in [3.8, 4) is 5.75 Å². The third kappa shape index (κ3) is 4.64. The quantitative estimate of drug-likeness (QED) is 0.727. The molecule has 7 heteroatoms. The summed E-state index contributed by atoms with van der Waals surface area (Å²) in [6, 6.07) is 7.98. The van der Waals surface area contributed by atoms with Crippen LogP contribution in [0.4, 0.5) is 0 Å². The number of nitrogens with one attached hydrogen (secondary N) is 1. The van der Waals surface area contributed by atoms with Gasteiger partial charge < -0.3 is 19.9 Å². The van der Waals surface area contributed by atoms with E-state index in [1.54, 1.807) is 26.1 Å². The minimum atomic E-state index is -0.615. The van der Waals surface area contributed by atoms with Gasteiger partial charge >= 0.3 is 0 Å². The number of benzene rings is 1. The monoisotopic (exact) mass is 387 g/mol. The molecule has 3 rings (SSSR count).